The zero-order valence-electron chi connectivity index (χ0n) is 18.2. The van der Waals surface area contributed by atoms with Crippen LogP contribution < -0.4 is 11.4 Å². The van der Waals surface area contributed by atoms with E-state index in [2.05, 4.69) is 15.0 Å². The Morgan fingerprint density at radius 3 is 2.62 bits per heavy atom. The Balaban J connectivity index is 1.49. The van der Waals surface area contributed by atoms with Crippen LogP contribution in [0, 0.1) is 5.82 Å². The highest BCUT2D eigenvalue weighted by molar-refractivity contribution is 8.00. The van der Waals surface area contributed by atoms with Gasteiger partial charge in [0.25, 0.3) is 0 Å². The van der Waals surface area contributed by atoms with Crippen molar-refractivity contribution in [3.8, 4) is 0 Å². The molecule has 1 saturated heterocycles. The van der Waals surface area contributed by atoms with Crippen LogP contribution in [0.5, 0.6) is 0 Å². The Morgan fingerprint density at radius 1 is 1.28 bits per heavy atom. The van der Waals surface area contributed by atoms with Crippen LogP contribution in [0.1, 0.15) is 70.4 Å². The number of hydrogen-bond donors (Lipinski definition) is 1. The maximum Gasteiger partial charge on any atom is 0.351 e. The average Bonchev–Trinajstić information content (AvgIpc) is 3.24. The monoisotopic (exact) mass is 470 g/mol. The van der Waals surface area contributed by atoms with Crippen LogP contribution in [0.3, 0.4) is 0 Å². The quantitative estimate of drug-likeness (QED) is 0.132. The fourth-order valence-corrected chi connectivity index (χ4v) is 4.30. The number of anilines is 1. The maximum absolute atomic E-state index is 13.6. The maximum atomic E-state index is 13.6. The van der Waals surface area contributed by atoms with Gasteiger partial charge in [0.05, 0.1) is 6.20 Å². The molecule has 0 aromatic carbocycles. The SMILES string of the molecule is [N-]=[N+]=NCCCCCCCCCCCC(=O)OC[C@H]1O[C@@H](n2cc(F)c(N)nc2=O)CS1. The zero-order valence-corrected chi connectivity index (χ0v) is 19.0. The van der Waals surface area contributed by atoms with Crippen molar-refractivity contribution in [3.05, 3.63) is 32.9 Å². The normalized spacial score (nSPS) is 17.8. The lowest BCUT2D eigenvalue weighted by molar-refractivity contribution is -0.147. The summed E-state index contributed by atoms with van der Waals surface area (Å²) in [4.78, 5) is 29.9. The lowest BCUT2D eigenvalue weighted by Gasteiger charge is -2.15. The Hall–Kier alpha value is -2.30. The number of carbonyl (C=O) groups excluding carboxylic acids is 1. The Morgan fingerprint density at radius 2 is 1.94 bits per heavy atom. The van der Waals surface area contributed by atoms with Gasteiger partial charge in [-0.1, -0.05) is 50.1 Å². The summed E-state index contributed by atoms with van der Waals surface area (Å²) >= 11 is 1.39. The molecule has 2 N–H and O–H groups in total. The van der Waals surface area contributed by atoms with Crippen molar-refractivity contribution < 1.29 is 18.7 Å². The highest BCUT2D eigenvalue weighted by Crippen LogP contribution is 2.31. The number of carbonyl (C=O) groups is 1. The fourth-order valence-electron chi connectivity index (χ4n) is 3.31. The number of nitrogens with two attached hydrogens (primary N) is 1. The first-order chi connectivity index (χ1) is 15.5. The van der Waals surface area contributed by atoms with E-state index in [1.807, 2.05) is 0 Å². The molecule has 1 aliphatic rings. The van der Waals surface area contributed by atoms with Gasteiger partial charge in [0.1, 0.15) is 18.3 Å². The number of halogens is 1. The molecule has 0 amide bonds. The zero-order chi connectivity index (χ0) is 23.2. The summed E-state index contributed by atoms with van der Waals surface area (Å²) in [5.41, 5.74) is 12.4. The summed E-state index contributed by atoms with van der Waals surface area (Å²) < 4.78 is 25.6. The standard InChI is InChI=1S/C20H31FN6O4S/c21-15-12-27(20(29)25-19(15)22)16-14-32-18(31-16)13-30-17(28)10-8-6-4-2-1-3-5-7-9-11-24-26-23/h12,16,18H,1-11,13-14H2,(H2,22,25,29)/t16-,18+/m1/s1. The fraction of sp³-hybridized carbons (Fsp3) is 0.750. The number of nitrogen functional groups attached to an aromatic ring is 1. The van der Waals surface area contributed by atoms with Crippen LogP contribution >= 0.6 is 11.8 Å². The molecular formula is C20H31FN6O4S. The van der Waals surface area contributed by atoms with Crippen molar-refractivity contribution in [3.63, 3.8) is 0 Å². The van der Waals surface area contributed by atoms with E-state index in [0.29, 0.717) is 18.7 Å². The highest BCUT2D eigenvalue weighted by atomic mass is 32.2. The summed E-state index contributed by atoms with van der Waals surface area (Å²) in [7, 11) is 0. The van der Waals surface area contributed by atoms with Crippen LogP contribution in [0.2, 0.25) is 0 Å². The van der Waals surface area contributed by atoms with Crippen molar-refractivity contribution in [1.29, 1.82) is 0 Å². The molecule has 32 heavy (non-hydrogen) atoms. The highest BCUT2D eigenvalue weighted by Gasteiger charge is 2.29. The van der Waals surface area contributed by atoms with Crippen molar-refractivity contribution >= 4 is 23.5 Å². The topological polar surface area (TPSA) is 145 Å². The molecule has 0 radical (unpaired) electrons. The number of hydrogen-bond acceptors (Lipinski definition) is 8. The summed E-state index contributed by atoms with van der Waals surface area (Å²) in [6.45, 7) is 0.665. The molecule has 178 valence electrons. The van der Waals surface area contributed by atoms with Crippen LogP contribution in [-0.2, 0) is 14.3 Å². The number of ether oxygens (including phenoxy) is 2. The minimum atomic E-state index is -0.782. The van der Waals surface area contributed by atoms with Crippen LogP contribution in [0.4, 0.5) is 10.2 Å². The van der Waals surface area contributed by atoms with Crippen molar-refractivity contribution in [2.45, 2.75) is 75.9 Å². The predicted octanol–water partition coefficient (Wildman–Crippen LogP) is 4.31. The molecule has 1 aromatic rings. The third kappa shape index (κ3) is 9.46. The number of unbranched alkanes of at least 4 members (excludes halogenated alkanes) is 8. The van der Waals surface area contributed by atoms with E-state index in [0.717, 1.165) is 55.7 Å². The van der Waals surface area contributed by atoms with Crippen LogP contribution in [-0.4, -0.2) is 39.9 Å². The summed E-state index contributed by atoms with van der Waals surface area (Å²) in [6.07, 6.45) is 10.3. The Labute approximate surface area is 190 Å². The van der Waals surface area contributed by atoms with E-state index in [9.17, 15) is 14.0 Å². The van der Waals surface area contributed by atoms with E-state index in [4.69, 9.17) is 20.7 Å². The second-order valence-electron chi connectivity index (χ2n) is 7.59. The number of nitrogens with zero attached hydrogens (tertiary/aromatic N) is 5. The number of esters is 1. The van der Waals surface area contributed by atoms with Crippen LogP contribution in [0.25, 0.3) is 10.4 Å². The lowest BCUT2D eigenvalue weighted by Crippen LogP contribution is -2.30. The van der Waals surface area contributed by atoms with Gasteiger partial charge in [-0.3, -0.25) is 9.36 Å². The van der Waals surface area contributed by atoms with Gasteiger partial charge >= 0.3 is 11.7 Å². The third-order valence-electron chi connectivity index (χ3n) is 5.06. The molecule has 0 aliphatic carbocycles. The largest absolute Gasteiger partial charge is 0.462 e. The number of rotatable bonds is 15. The predicted molar refractivity (Wildman–Crippen MR) is 120 cm³/mol. The van der Waals surface area contributed by atoms with Crippen LogP contribution in [0.15, 0.2) is 16.1 Å². The van der Waals surface area contributed by atoms with Gasteiger partial charge in [0, 0.05) is 23.6 Å². The minimum absolute atomic E-state index is 0.0827. The van der Waals surface area contributed by atoms with Gasteiger partial charge in [-0.25, -0.2) is 9.18 Å². The molecule has 1 aromatic heterocycles. The van der Waals surface area contributed by atoms with E-state index in [1.165, 1.54) is 24.6 Å². The summed E-state index contributed by atoms with van der Waals surface area (Å²) in [5, 5.41) is 3.52. The molecule has 12 heteroatoms. The first kappa shape index (κ1) is 26.0. The van der Waals surface area contributed by atoms with E-state index < -0.39 is 29.0 Å². The molecular weight excluding hydrogens is 439 g/mol. The first-order valence-corrected chi connectivity index (χ1v) is 12.0. The van der Waals surface area contributed by atoms with Crippen molar-refractivity contribution in [2.75, 3.05) is 24.6 Å². The minimum Gasteiger partial charge on any atom is -0.462 e. The van der Waals surface area contributed by atoms with Gasteiger partial charge in [-0.2, -0.15) is 4.98 Å². The Kier molecular flexibility index (Phi) is 11.9. The van der Waals surface area contributed by atoms with E-state index in [-0.39, 0.29) is 12.6 Å². The number of azide groups is 1. The van der Waals surface area contributed by atoms with E-state index >= 15 is 0 Å². The van der Waals surface area contributed by atoms with Crippen molar-refractivity contribution in [1.82, 2.24) is 9.55 Å². The van der Waals surface area contributed by atoms with Gasteiger partial charge in [0.2, 0.25) is 0 Å². The Bertz CT molecular complexity index is 833. The average molecular weight is 471 g/mol. The smallest absolute Gasteiger partial charge is 0.351 e. The van der Waals surface area contributed by atoms with Gasteiger partial charge < -0.3 is 15.2 Å². The van der Waals surface area contributed by atoms with E-state index in [1.54, 1.807) is 0 Å². The molecule has 0 unspecified atom stereocenters. The molecule has 1 fully saturated rings. The summed E-state index contributed by atoms with van der Waals surface area (Å²) in [6, 6.07) is 0. The molecule has 2 atom stereocenters. The van der Waals surface area contributed by atoms with Gasteiger partial charge in [-0.15, -0.1) is 11.8 Å². The van der Waals surface area contributed by atoms with Gasteiger partial charge in [-0.05, 0) is 18.4 Å². The molecule has 0 saturated carbocycles. The van der Waals surface area contributed by atoms with Crippen molar-refractivity contribution in [2.24, 2.45) is 5.11 Å². The molecule has 1 aliphatic heterocycles. The summed E-state index contributed by atoms with van der Waals surface area (Å²) in [5.74, 6) is -1.08. The molecule has 0 bridgehead atoms. The first-order valence-electron chi connectivity index (χ1n) is 11.0. The second-order valence-corrected chi connectivity index (χ2v) is 8.78. The second kappa shape index (κ2) is 14.7. The molecule has 2 rings (SSSR count). The van der Waals surface area contributed by atoms with Gasteiger partial charge in [0.15, 0.2) is 11.6 Å². The molecule has 0 spiro atoms. The number of thioether (sulfide) groups is 1. The number of aromatic nitrogens is 2. The lowest BCUT2D eigenvalue weighted by atomic mass is 10.1. The molecule has 10 nitrogen and oxygen atoms in total. The molecule has 2 heterocycles. The third-order valence-corrected chi connectivity index (χ3v) is 6.16.